The van der Waals surface area contributed by atoms with Crippen molar-refractivity contribution >= 4 is 43.9 Å². The van der Waals surface area contributed by atoms with E-state index in [0.29, 0.717) is 28.6 Å². The number of nitrogens with zero attached hydrogens (tertiary/aromatic N) is 3. The van der Waals surface area contributed by atoms with Crippen molar-refractivity contribution in [3.63, 3.8) is 0 Å². The lowest BCUT2D eigenvalue weighted by atomic mass is 9.92. The SMILES string of the molecule is c1ccc(-c2nc(-c3cccc4c3oc3c(-c5ccccc5)c(-c5ccccc5)ccc34)nc(-c3cccc4c3oc3c(-c5ccccc5)c(-c5ccccc5)ccc34)n2)cc1. The van der Waals surface area contributed by atoms with Crippen molar-refractivity contribution in [3.05, 3.63) is 212 Å². The summed E-state index contributed by atoms with van der Waals surface area (Å²) in [7, 11) is 0. The molecule has 0 N–H and O–H groups in total. The number of furan rings is 2. The highest BCUT2D eigenvalue weighted by atomic mass is 16.3. The summed E-state index contributed by atoms with van der Waals surface area (Å²) in [6.07, 6.45) is 0. The summed E-state index contributed by atoms with van der Waals surface area (Å²) in [6.45, 7) is 0. The third-order valence-corrected chi connectivity index (χ3v) is 11.8. The Hall–Kier alpha value is -8.41. The Morgan fingerprint density at radius 3 is 0.968 bits per heavy atom. The molecule has 12 aromatic rings. The maximum absolute atomic E-state index is 7.07. The zero-order chi connectivity index (χ0) is 41.0. The average molecular weight is 794 g/mol. The van der Waals surface area contributed by atoms with Crippen molar-refractivity contribution in [1.82, 2.24) is 15.0 Å². The zero-order valence-electron chi connectivity index (χ0n) is 33.4. The van der Waals surface area contributed by atoms with Gasteiger partial charge in [0.05, 0.1) is 11.1 Å². The van der Waals surface area contributed by atoms with Gasteiger partial charge in [-0.05, 0) is 57.6 Å². The van der Waals surface area contributed by atoms with Crippen molar-refractivity contribution in [2.45, 2.75) is 0 Å². The Bertz CT molecular complexity index is 3380. The van der Waals surface area contributed by atoms with Crippen LogP contribution in [0.5, 0.6) is 0 Å². The first-order valence-corrected chi connectivity index (χ1v) is 20.8. The van der Waals surface area contributed by atoms with Crippen LogP contribution in [0.4, 0.5) is 0 Å². The van der Waals surface area contributed by atoms with Crippen molar-refractivity contribution < 1.29 is 8.83 Å². The Balaban J connectivity index is 1.10. The highest BCUT2D eigenvalue weighted by Gasteiger charge is 2.24. The summed E-state index contributed by atoms with van der Waals surface area (Å²) in [6, 6.07) is 73.1. The molecular formula is C57H35N3O2. The number of para-hydroxylation sites is 2. The standard InChI is InChI=1S/C57H35N3O2/c1-6-18-36(19-7-1)41-32-34-45-43-28-16-30-47(51(43)61-53(45)49(41)38-22-10-3-11-23-38)56-58-55(40-26-14-5-15-27-40)59-57(60-56)48-31-17-29-44-46-35-33-42(37-20-8-2-9-21-37)50(54(46)62-52(44)48)39-24-12-4-13-25-39/h1-35H. The van der Waals surface area contributed by atoms with Crippen LogP contribution < -0.4 is 0 Å². The van der Waals surface area contributed by atoms with Crippen LogP contribution >= 0.6 is 0 Å². The second-order valence-electron chi connectivity index (χ2n) is 15.4. The summed E-state index contributed by atoms with van der Waals surface area (Å²) in [5.74, 6) is 1.57. The van der Waals surface area contributed by atoms with Crippen molar-refractivity contribution in [2.24, 2.45) is 0 Å². The van der Waals surface area contributed by atoms with E-state index in [1.165, 1.54) is 0 Å². The van der Waals surface area contributed by atoms with E-state index in [0.717, 1.165) is 93.9 Å². The fraction of sp³-hybridized carbons (Fsp3) is 0. The lowest BCUT2D eigenvalue weighted by Crippen LogP contribution is -2.00. The van der Waals surface area contributed by atoms with E-state index in [4.69, 9.17) is 23.8 Å². The van der Waals surface area contributed by atoms with E-state index in [-0.39, 0.29) is 0 Å². The third-order valence-electron chi connectivity index (χ3n) is 11.8. The predicted octanol–water partition coefficient (Wildman–Crippen LogP) is 15.3. The van der Waals surface area contributed by atoms with E-state index >= 15 is 0 Å². The molecule has 0 bridgehead atoms. The normalized spacial score (nSPS) is 11.5. The molecule has 0 saturated carbocycles. The van der Waals surface area contributed by atoms with Gasteiger partial charge in [0, 0.05) is 38.2 Å². The van der Waals surface area contributed by atoms with Crippen LogP contribution in [0.1, 0.15) is 0 Å². The van der Waals surface area contributed by atoms with E-state index in [1.807, 2.05) is 66.7 Å². The number of aromatic nitrogens is 3. The maximum atomic E-state index is 7.07. The van der Waals surface area contributed by atoms with Gasteiger partial charge in [-0.3, -0.25) is 0 Å². The number of hydrogen-bond donors (Lipinski definition) is 0. The highest BCUT2D eigenvalue weighted by molar-refractivity contribution is 6.16. The van der Waals surface area contributed by atoms with Crippen LogP contribution in [0.15, 0.2) is 221 Å². The molecule has 0 aliphatic carbocycles. The Labute approximate surface area is 357 Å². The summed E-state index contributed by atoms with van der Waals surface area (Å²) < 4.78 is 14.1. The van der Waals surface area contributed by atoms with Gasteiger partial charge in [-0.25, -0.2) is 15.0 Å². The number of benzene rings is 9. The molecule has 3 aromatic heterocycles. The fourth-order valence-corrected chi connectivity index (χ4v) is 8.91. The molecule has 0 aliphatic rings. The van der Waals surface area contributed by atoms with Crippen LogP contribution in [0.3, 0.4) is 0 Å². The molecule has 5 heteroatoms. The Kier molecular flexibility index (Phi) is 8.42. The molecule has 0 fully saturated rings. The number of hydrogen-bond acceptors (Lipinski definition) is 5. The van der Waals surface area contributed by atoms with Crippen LogP contribution in [0.25, 0.3) is 123 Å². The minimum atomic E-state index is 0.507. The van der Waals surface area contributed by atoms with Crippen LogP contribution in [0.2, 0.25) is 0 Å². The van der Waals surface area contributed by atoms with Gasteiger partial charge < -0.3 is 8.83 Å². The van der Waals surface area contributed by atoms with Gasteiger partial charge in [0.15, 0.2) is 17.5 Å². The maximum Gasteiger partial charge on any atom is 0.167 e. The molecule has 3 heterocycles. The van der Waals surface area contributed by atoms with Gasteiger partial charge in [0.25, 0.3) is 0 Å². The molecule has 0 amide bonds. The Morgan fingerprint density at radius 2 is 0.565 bits per heavy atom. The molecule has 0 radical (unpaired) electrons. The number of fused-ring (bicyclic) bond motifs is 6. The van der Waals surface area contributed by atoms with E-state index in [2.05, 4.69) is 146 Å². The van der Waals surface area contributed by atoms with Gasteiger partial charge in [0.2, 0.25) is 0 Å². The van der Waals surface area contributed by atoms with Crippen LogP contribution in [-0.4, -0.2) is 15.0 Å². The molecule has 9 aromatic carbocycles. The lowest BCUT2D eigenvalue weighted by Gasteiger charge is -2.11. The van der Waals surface area contributed by atoms with E-state index in [9.17, 15) is 0 Å². The van der Waals surface area contributed by atoms with Gasteiger partial charge in [-0.2, -0.15) is 0 Å². The van der Waals surface area contributed by atoms with Crippen molar-refractivity contribution in [3.8, 4) is 78.7 Å². The third kappa shape index (κ3) is 5.90. The molecule has 0 saturated heterocycles. The first-order valence-electron chi connectivity index (χ1n) is 20.8. The van der Waals surface area contributed by atoms with Gasteiger partial charge >= 0.3 is 0 Å². The monoisotopic (exact) mass is 793 g/mol. The molecule has 0 unspecified atom stereocenters. The quantitative estimate of drug-likeness (QED) is 0.161. The molecule has 0 atom stereocenters. The summed E-state index contributed by atoms with van der Waals surface area (Å²) in [5.41, 5.74) is 14.2. The second-order valence-corrected chi connectivity index (χ2v) is 15.4. The fourth-order valence-electron chi connectivity index (χ4n) is 8.91. The van der Waals surface area contributed by atoms with E-state index < -0.39 is 0 Å². The van der Waals surface area contributed by atoms with Gasteiger partial charge in [-0.1, -0.05) is 188 Å². The molecule has 62 heavy (non-hydrogen) atoms. The van der Waals surface area contributed by atoms with Gasteiger partial charge in [0.1, 0.15) is 22.3 Å². The smallest absolute Gasteiger partial charge is 0.167 e. The first-order chi connectivity index (χ1) is 30.8. The predicted molar refractivity (Wildman–Crippen MR) is 252 cm³/mol. The Morgan fingerprint density at radius 1 is 0.226 bits per heavy atom. The summed E-state index contributed by atoms with van der Waals surface area (Å²) in [5, 5.41) is 4.02. The van der Waals surface area contributed by atoms with Crippen molar-refractivity contribution in [1.29, 1.82) is 0 Å². The summed E-state index contributed by atoms with van der Waals surface area (Å²) in [4.78, 5) is 15.6. The van der Waals surface area contributed by atoms with Crippen LogP contribution in [0, 0.1) is 0 Å². The van der Waals surface area contributed by atoms with Crippen LogP contribution in [-0.2, 0) is 0 Å². The minimum Gasteiger partial charge on any atom is -0.455 e. The molecular weight excluding hydrogens is 759 g/mol. The zero-order valence-corrected chi connectivity index (χ0v) is 33.4. The highest BCUT2D eigenvalue weighted by Crippen LogP contribution is 2.46. The van der Waals surface area contributed by atoms with Crippen molar-refractivity contribution in [2.75, 3.05) is 0 Å². The summed E-state index contributed by atoms with van der Waals surface area (Å²) >= 11 is 0. The molecule has 5 nitrogen and oxygen atoms in total. The second kappa shape index (κ2) is 14.7. The van der Waals surface area contributed by atoms with Gasteiger partial charge in [-0.15, -0.1) is 0 Å². The minimum absolute atomic E-state index is 0.507. The molecule has 290 valence electrons. The average Bonchev–Trinajstić information content (AvgIpc) is 3.93. The van der Waals surface area contributed by atoms with E-state index in [1.54, 1.807) is 0 Å². The molecule has 12 rings (SSSR count). The molecule has 0 spiro atoms. The number of rotatable bonds is 7. The first kappa shape index (κ1) is 35.5. The largest absolute Gasteiger partial charge is 0.455 e. The topological polar surface area (TPSA) is 65.0 Å². The molecule has 0 aliphatic heterocycles. The lowest BCUT2D eigenvalue weighted by molar-refractivity contribution is 0.670.